The normalized spacial score (nSPS) is 25.5. The lowest BCUT2D eigenvalue weighted by Crippen LogP contribution is -2.23. The Labute approximate surface area is 87.7 Å². The number of aliphatic hydroxyl groups is 1. The van der Waals surface area contributed by atoms with Crippen molar-refractivity contribution in [2.24, 2.45) is 11.3 Å². The van der Waals surface area contributed by atoms with Crippen LogP contribution in [0.15, 0.2) is 0 Å². The highest BCUT2D eigenvalue weighted by Crippen LogP contribution is 2.53. The molecule has 1 rings (SSSR count). The second-order valence-electron chi connectivity index (χ2n) is 5.00. The number of aliphatic hydroxyl groups excluding tert-OH is 1. The molecule has 14 heavy (non-hydrogen) atoms. The summed E-state index contributed by atoms with van der Waals surface area (Å²) in [4.78, 5) is 0. The molecule has 0 radical (unpaired) electrons. The molecule has 0 aromatic carbocycles. The summed E-state index contributed by atoms with van der Waals surface area (Å²) in [6.45, 7) is 6.17. The first-order chi connectivity index (χ1) is 6.52. The van der Waals surface area contributed by atoms with Gasteiger partial charge in [0.1, 0.15) is 0 Å². The molecular weight excluding hydrogens is 176 g/mol. The molecule has 1 N–H and O–H groups in total. The van der Waals surface area contributed by atoms with Crippen molar-refractivity contribution < 1.29 is 9.84 Å². The highest BCUT2D eigenvalue weighted by atomic mass is 16.5. The number of ether oxygens (including phenoxy) is 1. The number of methoxy groups -OCH3 is 1. The van der Waals surface area contributed by atoms with Crippen LogP contribution in [-0.2, 0) is 4.74 Å². The van der Waals surface area contributed by atoms with E-state index < -0.39 is 0 Å². The van der Waals surface area contributed by atoms with E-state index in [-0.39, 0.29) is 6.10 Å². The molecule has 0 spiro atoms. The second-order valence-corrected chi connectivity index (χ2v) is 5.00. The Hall–Kier alpha value is -0.0800. The summed E-state index contributed by atoms with van der Waals surface area (Å²) < 4.78 is 5.41. The van der Waals surface area contributed by atoms with Crippen molar-refractivity contribution in [2.75, 3.05) is 7.11 Å². The van der Waals surface area contributed by atoms with Gasteiger partial charge in [0, 0.05) is 7.11 Å². The van der Waals surface area contributed by atoms with Gasteiger partial charge in [0.15, 0.2) is 0 Å². The van der Waals surface area contributed by atoms with E-state index in [9.17, 15) is 5.11 Å². The molecule has 84 valence electrons. The quantitative estimate of drug-likeness (QED) is 0.714. The summed E-state index contributed by atoms with van der Waals surface area (Å²) in [6, 6.07) is 0. The summed E-state index contributed by atoms with van der Waals surface area (Å²) in [5, 5.41) is 9.40. The molecule has 0 bridgehead atoms. The van der Waals surface area contributed by atoms with Crippen LogP contribution in [0.1, 0.15) is 46.5 Å². The van der Waals surface area contributed by atoms with Crippen LogP contribution in [0.3, 0.4) is 0 Å². The molecule has 0 aliphatic heterocycles. The molecule has 0 aromatic rings. The summed E-state index contributed by atoms with van der Waals surface area (Å²) in [5.41, 5.74) is 0.442. The highest BCUT2D eigenvalue weighted by molar-refractivity contribution is 4.97. The third-order valence-electron chi connectivity index (χ3n) is 4.03. The molecule has 1 unspecified atom stereocenters. The fourth-order valence-electron chi connectivity index (χ4n) is 2.03. The Morgan fingerprint density at radius 1 is 1.29 bits per heavy atom. The van der Waals surface area contributed by atoms with Crippen molar-refractivity contribution in [3.63, 3.8) is 0 Å². The van der Waals surface area contributed by atoms with Crippen LogP contribution in [-0.4, -0.2) is 24.4 Å². The average Bonchev–Trinajstić information content (AvgIpc) is 2.93. The largest absolute Gasteiger partial charge is 0.393 e. The minimum Gasteiger partial charge on any atom is -0.393 e. The van der Waals surface area contributed by atoms with Crippen molar-refractivity contribution in [1.82, 2.24) is 0 Å². The molecule has 1 fully saturated rings. The van der Waals surface area contributed by atoms with Gasteiger partial charge in [0.05, 0.1) is 12.2 Å². The monoisotopic (exact) mass is 200 g/mol. The van der Waals surface area contributed by atoms with Gasteiger partial charge in [-0.3, -0.25) is 0 Å². The maximum absolute atomic E-state index is 9.40. The second kappa shape index (κ2) is 4.63. The van der Waals surface area contributed by atoms with Crippen LogP contribution >= 0.6 is 0 Å². The maximum atomic E-state index is 9.40. The number of hydrogen-bond acceptors (Lipinski definition) is 2. The number of rotatable bonds is 6. The molecule has 1 aliphatic rings. The van der Waals surface area contributed by atoms with Gasteiger partial charge < -0.3 is 9.84 Å². The zero-order chi connectivity index (χ0) is 10.8. The lowest BCUT2D eigenvalue weighted by molar-refractivity contribution is 0.0425. The van der Waals surface area contributed by atoms with Crippen LogP contribution in [0.4, 0.5) is 0 Å². The zero-order valence-corrected chi connectivity index (χ0v) is 9.92. The van der Waals surface area contributed by atoms with Gasteiger partial charge in [-0.25, -0.2) is 0 Å². The van der Waals surface area contributed by atoms with Crippen molar-refractivity contribution in [1.29, 1.82) is 0 Å². The van der Waals surface area contributed by atoms with Crippen molar-refractivity contribution >= 4 is 0 Å². The van der Waals surface area contributed by atoms with E-state index in [1.54, 1.807) is 7.11 Å². The highest BCUT2D eigenvalue weighted by Gasteiger charge is 2.47. The molecular formula is C12H24O2. The molecule has 1 aliphatic carbocycles. The fraction of sp³-hybridized carbons (Fsp3) is 1.00. The molecule has 3 atom stereocenters. The van der Waals surface area contributed by atoms with Crippen molar-refractivity contribution in [2.45, 2.75) is 58.7 Å². The van der Waals surface area contributed by atoms with Gasteiger partial charge in [-0.2, -0.15) is 0 Å². The van der Waals surface area contributed by atoms with Gasteiger partial charge in [0.25, 0.3) is 0 Å². The van der Waals surface area contributed by atoms with E-state index in [2.05, 4.69) is 13.8 Å². The minimum absolute atomic E-state index is 0.177. The fourth-order valence-corrected chi connectivity index (χ4v) is 2.03. The van der Waals surface area contributed by atoms with Crippen LogP contribution in [0, 0.1) is 11.3 Å². The first-order valence-electron chi connectivity index (χ1n) is 5.73. The molecule has 0 aromatic heterocycles. The minimum atomic E-state index is -0.177. The molecule has 1 saturated carbocycles. The SMILES string of the molecule is CO[C@H](C)C1(CCC(C)[C@@H](C)O)CC1. The smallest absolute Gasteiger partial charge is 0.0599 e. The van der Waals surface area contributed by atoms with E-state index >= 15 is 0 Å². The summed E-state index contributed by atoms with van der Waals surface area (Å²) >= 11 is 0. The lowest BCUT2D eigenvalue weighted by Gasteiger charge is -2.24. The van der Waals surface area contributed by atoms with Gasteiger partial charge in [-0.15, -0.1) is 0 Å². The van der Waals surface area contributed by atoms with Crippen LogP contribution in [0.5, 0.6) is 0 Å². The Morgan fingerprint density at radius 3 is 2.21 bits per heavy atom. The molecule has 0 heterocycles. The van der Waals surface area contributed by atoms with E-state index in [1.165, 1.54) is 19.3 Å². The first kappa shape index (κ1) is 12.0. The van der Waals surface area contributed by atoms with Crippen molar-refractivity contribution in [3.8, 4) is 0 Å². The lowest BCUT2D eigenvalue weighted by atomic mass is 9.88. The predicted octanol–water partition coefficient (Wildman–Crippen LogP) is 2.60. The van der Waals surface area contributed by atoms with E-state index in [4.69, 9.17) is 4.74 Å². The van der Waals surface area contributed by atoms with Crippen molar-refractivity contribution in [3.05, 3.63) is 0 Å². The summed E-state index contributed by atoms with van der Waals surface area (Å²) in [5.74, 6) is 0.413. The maximum Gasteiger partial charge on any atom is 0.0599 e. The van der Waals surface area contributed by atoms with E-state index in [0.717, 1.165) is 6.42 Å². The Bertz CT molecular complexity index is 173. The standard InChI is InChI=1S/C12H24O2/c1-9(10(2)13)5-6-12(7-8-12)11(3)14-4/h9-11,13H,5-8H2,1-4H3/t9?,10-,11-/m1/s1. The van der Waals surface area contributed by atoms with E-state index in [1.807, 2.05) is 6.92 Å². The van der Waals surface area contributed by atoms with Crippen LogP contribution in [0.2, 0.25) is 0 Å². The van der Waals surface area contributed by atoms with Gasteiger partial charge in [-0.05, 0) is 50.9 Å². The van der Waals surface area contributed by atoms with Gasteiger partial charge in [0.2, 0.25) is 0 Å². The molecule has 0 amide bonds. The molecule has 2 nitrogen and oxygen atoms in total. The van der Waals surface area contributed by atoms with Crippen LogP contribution < -0.4 is 0 Å². The third kappa shape index (κ3) is 2.71. The molecule has 2 heteroatoms. The van der Waals surface area contributed by atoms with Gasteiger partial charge >= 0.3 is 0 Å². The Balaban J connectivity index is 2.30. The average molecular weight is 200 g/mol. The zero-order valence-electron chi connectivity index (χ0n) is 9.92. The first-order valence-corrected chi connectivity index (χ1v) is 5.73. The summed E-state index contributed by atoms with van der Waals surface area (Å²) in [6.07, 6.45) is 5.12. The van der Waals surface area contributed by atoms with Crippen LogP contribution in [0.25, 0.3) is 0 Å². The predicted molar refractivity (Wildman–Crippen MR) is 58.2 cm³/mol. The third-order valence-corrected chi connectivity index (χ3v) is 4.03. The van der Waals surface area contributed by atoms with Gasteiger partial charge in [-0.1, -0.05) is 6.92 Å². The number of hydrogen-bond donors (Lipinski definition) is 1. The summed E-state index contributed by atoms with van der Waals surface area (Å²) in [7, 11) is 1.79. The Kier molecular flexibility index (Phi) is 3.96. The molecule has 0 saturated heterocycles. The Morgan fingerprint density at radius 2 is 1.86 bits per heavy atom. The topological polar surface area (TPSA) is 29.5 Å². The van der Waals surface area contributed by atoms with E-state index in [0.29, 0.717) is 17.4 Å².